The van der Waals surface area contributed by atoms with Crippen LogP contribution >= 0.6 is 0 Å². The van der Waals surface area contributed by atoms with Gasteiger partial charge in [0, 0.05) is 17.9 Å². The molecule has 0 bridgehead atoms. The Morgan fingerprint density at radius 2 is 2.24 bits per heavy atom. The second kappa shape index (κ2) is 4.13. The van der Waals surface area contributed by atoms with Crippen molar-refractivity contribution in [2.45, 2.75) is 25.0 Å². The number of fused-ring (bicyclic) bond motifs is 1. The van der Waals surface area contributed by atoms with Gasteiger partial charge in [-0.2, -0.15) is 0 Å². The molecule has 2 aliphatic rings. The highest BCUT2D eigenvalue weighted by molar-refractivity contribution is 6.04. The number of hydrogen-bond donors (Lipinski definition) is 1. The number of carbonyl (C=O) groups is 1. The molecule has 1 saturated heterocycles. The molecule has 1 aromatic rings. The summed E-state index contributed by atoms with van der Waals surface area (Å²) in [4.78, 5) is 13.9. The van der Waals surface area contributed by atoms with Gasteiger partial charge in [-0.1, -0.05) is 18.2 Å². The van der Waals surface area contributed by atoms with Crippen molar-refractivity contribution in [2.24, 2.45) is 5.73 Å². The van der Waals surface area contributed by atoms with E-state index in [1.807, 2.05) is 24.3 Å². The molecule has 0 radical (unpaired) electrons. The molecule has 17 heavy (non-hydrogen) atoms. The molecule has 1 amide bonds. The summed E-state index contributed by atoms with van der Waals surface area (Å²) in [7, 11) is 0. The fourth-order valence-electron chi connectivity index (χ4n) is 2.60. The number of amides is 1. The Bertz CT molecular complexity index is 441. The predicted molar refractivity (Wildman–Crippen MR) is 64.7 cm³/mol. The Kier molecular flexibility index (Phi) is 2.61. The number of anilines is 1. The molecule has 2 atom stereocenters. The van der Waals surface area contributed by atoms with Gasteiger partial charge in [0.2, 0.25) is 5.91 Å². The van der Waals surface area contributed by atoms with Gasteiger partial charge in [-0.05, 0) is 18.9 Å². The topological polar surface area (TPSA) is 55.6 Å². The van der Waals surface area contributed by atoms with Crippen molar-refractivity contribution in [3.05, 3.63) is 29.8 Å². The van der Waals surface area contributed by atoms with Crippen molar-refractivity contribution in [1.29, 1.82) is 0 Å². The lowest BCUT2D eigenvalue weighted by Gasteiger charge is -2.21. The molecule has 0 aliphatic carbocycles. The zero-order valence-electron chi connectivity index (χ0n) is 9.63. The maximum Gasteiger partial charge on any atom is 0.248 e. The molecular weight excluding hydrogens is 216 g/mol. The Morgan fingerprint density at radius 1 is 1.41 bits per heavy atom. The molecule has 1 aromatic carbocycles. The summed E-state index contributed by atoms with van der Waals surface area (Å²) in [5.74, 6) is -0.0123. The van der Waals surface area contributed by atoms with Crippen LogP contribution in [0.1, 0.15) is 24.4 Å². The van der Waals surface area contributed by atoms with Crippen molar-refractivity contribution >= 4 is 11.6 Å². The van der Waals surface area contributed by atoms with E-state index in [1.165, 1.54) is 0 Å². The van der Waals surface area contributed by atoms with Crippen molar-refractivity contribution in [1.82, 2.24) is 0 Å². The smallest absolute Gasteiger partial charge is 0.248 e. The van der Waals surface area contributed by atoms with Crippen LogP contribution in [0.2, 0.25) is 0 Å². The molecule has 2 heterocycles. The van der Waals surface area contributed by atoms with E-state index in [9.17, 15) is 4.79 Å². The molecule has 4 nitrogen and oxygen atoms in total. The minimum Gasteiger partial charge on any atom is -0.376 e. The van der Waals surface area contributed by atoms with E-state index in [2.05, 4.69) is 0 Å². The number of rotatable bonds is 2. The lowest BCUT2D eigenvalue weighted by Crippen LogP contribution is -2.37. The number of para-hydroxylation sites is 1. The summed E-state index contributed by atoms with van der Waals surface area (Å²) in [5.41, 5.74) is 7.79. The maximum absolute atomic E-state index is 12.1. The zero-order chi connectivity index (χ0) is 11.8. The van der Waals surface area contributed by atoms with Crippen LogP contribution < -0.4 is 10.6 Å². The lowest BCUT2D eigenvalue weighted by molar-refractivity contribution is -0.119. The lowest BCUT2D eigenvalue weighted by atomic mass is 10.1. The molecule has 2 aliphatic heterocycles. The fraction of sp³-hybridized carbons (Fsp3) is 0.462. The first-order valence-electron chi connectivity index (χ1n) is 6.05. The minimum atomic E-state index is -0.507. The van der Waals surface area contributed by atoms with Gasteiger partial charge >= 0.3 is 0 Å². The van der Waals surface area contributed by atoms with Crippen LogP contribution in [-0.4, -0.2) is 25.2 Å². The fourth-order valence-corrected chi connectivity index (χ4v) is 2.60. The molecule has 2 unspecified atom stereocenters. The second-order valence-electron chi connectivity index (χ2n) is 4.62. The number of nitrogens with zero attached hydrogens (tertiary/aromatic N) is 1. The van der Waals surface area contributed by atoms with Crippen molar-refractivity contribution in [3.8, 4) is 0 Å². The number of carbonyl (C=O) groups excluding carboxylic acids is 1. The normalized spacial score (nSPS) is 27.6. The Balaban J connectivity index is 1.86. The van der Waals surface area contributed by atoms with Crippen molar-refractivity contribution < 1.29 is 9.53 Å². The van der Waals surface area contributed by atoms with Crippen LogP contribution in [0, 0.1) is 0 Å². The molecule has 1 fully saturated rings. The highest BCUT2D eigenvalue weighted by Crippen LogP contribution is 2.34. The standard InChI is InChI=1S/C13H16N2O2/c14-12-10-5-1-2-6-11(10)15(13(12)16)8-9-4-3-7-17-9/h1-2,5-6,9,12H,3-4,7-8,14H2. The first kappa shape index (κ1) is 10.7. The van der Waals surface area contributed by atoms with Crippen LogP contribution in [0.15, 0.2) is 24.3 Å². The van der Waals surface area contributed by atoms with Gasteiger partial charge < -0.3 is 15.4 Å². The monoisotopic (exact) mass is 232 g/mol. The summed E-state index contributed by atoms with van der Waals surface area (Å²) >= 11 is 0. The van der Waals surface area contributed by atoms with Crippen LogP contribution in [-0.2, 0) is 9.53 Å². The first-order valence-corrected chi connectivity index (χ1v) is 6.05. The summed E-state index contributed by atoms with van der Waals surface area (Å²) < 4.78 is 5.58. The predicted octanol–water partition coefficient (Wildman–Crippen LogP) is 1.21. The van der Waals surface area contributed by atoms with Crippen LogP contribution in [0.3, 0.4) is 0 Å². The third kappa shape index (κ3) is 1.73. The van der Waals surface area contributed by atoms with Crippen LogP contribution in [0.25, 0.3) is 0 Å². The van der Waals surface area contributed by atoms with Crippen molar-refractivity contribution in [3.63, 3.8) is 0 Å². The summed E-state index contributed by atoms with van der Waals surface area (Å²) in [6.07, 6.45) is 2.28. The second-order valence-corrected chi connectivity index (χ2v) is 4.62. The zero-order valence-corrected chi connectivity index (χ0v) is 9.63. The minimum absolute atomic E-state index is 0.0123. The average Bonchev–Trinajstić information content (AvgIpc) is 2.94. The molecule has 0 saturated carbocycles. The van der Waals surface area contributed by atoms with E-state index in [4.69, 9.17) is 10.5 Å². The number of nitrogens with two attached hydrogens (primary N) is 1. The Hall–Kier alpha value is -1.39. The van der Waals surface area contributed by atoms with Crippen molar-refractivity contribution in [2.75, 3.05) is 18.1 Å². The molecule has 0 aromatic heterocycles. The van der Waals surface area contributed by atoms with Crippen LogP contribution in [0.4, 0.5) is 5.69 Å². The quantitative estimate of drug-likeness (QED) is 0.834. The molecule has 2 N–H and O–H groups in total. The first-order chi connectivity index (χ1) is 8.27. The molecular formula is C13H16N2O2. The SMILES string of the molecule is NC1C(=O)N(CC2CCCO2)c2ccccc21. The van der Waals surface area contributed by atoms with E-state index in [1.54, 1.807) is 4.90 Å². The number of benzene rings is 1. The van der Waals surface area contributed by atoms with E-state index < -0.39 is 6.04 Å². The summed E-state index contributed by atoms with van der Waals surface area (Å²) in [6, 6.07) is 7.23. The highest BCUT2D eigenvalue weighted by atomic mass is 16.5. The molecule has 90 valence electrons. The Labute approximate surface area is 100 Å². The largest absolute Gasteiger partial charge is 0.376 e. The van der Waals surface area contributed by atoms with Crippen LogP contribution in [0.5, 0.6) is 0 Å². The molecule has 3 rings (SSSR count). The summed E-state index contributed by atoms with van der Waals surface area (Å²) in [6.45, 7) is 1.43. The highest BCUT2D eigenvalue weighted by Gasteiger charge is 2.36. The number of ether oxygens (including phenoxy) is 1. The van der Waals surface area contributed by atoms with Gasteiger partial charge in [-0.15, -0.1) is 0 Å². The van der Waals surface area contributed by atoms with E-state index in [0.717, 1.165) is 30.7 Å². The number of hydrogen-bond acceptors (Lipinski definition) is 3. The van der Waals surface area contributed by atoms with Gasteiger partial charge in [0.25, 0.3) is 0 Å². The van der Waals surface area contributed by atoms with Gasteiger partial charge in [-0.3, -0.25) is 4.79 Å². The Morgan fingerprint density at radius 3 is 3.00 bits per heavy atom. The third-order valence-corrected chi connectivity index (χ3v) is 3.50. The third-order valence-electron chi connectivity index (χ3n) is 3.50. The van der Waals surface area contributed by atoms with E-state index in [0.29, 0.717) is 6.54 Å². The van der Waals surface area contributed by atoms with Gasteiger partial charge in [-0.25, -0.2) is 0 Å². The summed E-state index contributed by atoms with van der Waals surface area (Å²) in [5, 5.41) is 0. The van der Waals surface area contributed by atoms with Gasteiger partial charge in [0.15, 0.2) is 0 Å². The van der Waals surface area contributed by atoms with Gasteiger partial charge in [0.05, 0.1) is 12.6 Å². The van der Waals surface area contributed by atoms with E-state index >= 15 is 0 Å². The molecule has 0 spiro atoms. The molecule has 4 heteroatoms. The maximum atomic E-state index is 12.1. The average molecular weight is 232 g/mol. The van der Waals surface area contributed by atoms with Gasteiger partial charge in [0.1, 0.15) is 6.04 Å². The van der Waals surface area contributed by atoms with E-state index in [-0.39, 0.29) is 12.0 Å².